The second kappa shape index (κ2) is 6.49. The predicted molar refractivity (Wildman–Crippen MR) is 72.8 cm³/mol. The van der Waals surface area contributed by atoms with E-state index >= 15 is 0 Å². The molecule has 1 N–H and O–H groups in total. The van der Waals surface area contributed by atoms with Crippen LogP contribution in [0.25, 0.3) is 5.57 Å². The van der Waals surface area contributed by atoms with Gasteiger partial charge in [0, 0.05) is 0 Å². The highest BCUT2D eigenvalue weighted by atomic mass is 14.7. The van der Waals surface area contributed by atoms with Crippen LogP contribution in [0.3, 0.4) is 0 Å². The van der Waals surface area contributed by atoms with Gasteiger partial charge in [-0.1, -0.05) is 30.4 Å². The highest BCUT2D eigenvalue weighted by Gasteiger charge is 2.12. The highest BCUT2D eigenvalue weighted by Crippen LogP contribution is 2.27. The van der Waals surface area contributed by atoms with Gasteiger partial charge in [0.05, 0.1) is 0 Å². The van der Waals surface area contributed by atoms with E-state index in [4.69, 9.17) is 0 Å². The van der Waals surface area contributed by atoms with Crippen molar-refractivity contribution in [2.24, 2.45) is 0 Å². The van der Waals surface area contributed by atoms with Gasteiger partial charge in [-0.25, -0.2) is 0 Å². The lowest BCUT2D eigenvalue weighted by Gasteiger charge is -2.19. The predicted octanol–water partition coefficient (Wildman–Crippen LogP) is 3.43. The summed E-state index contributed by atoms with van der Waals surface area (Å²) < 4.78 is 0. The third kappa shape index (κ3) is 3.21. The van der Waals surface area contributed by atoms with Crippen LogP contribution in [0.2, 0.25) is 0 Å². The van der Waals surface area contributed by atoms with Gasteiger partial charge in [-0.05, 0) is 63.4 Å². The molecule has 0 atom stereocenters. The zero-order chi connectivity index (χ0) is 12.0. The number of hydrogen-bond acceptors (Lipinski definition) is 1. The zero-order valence-electron chi connectivity index (χ0n) is 10.8. The first-order valence-electron chi connectivity index (χ1n) is 6.05. The normalized spacial score (nSPS) is 13.4. The van der Waals surface area contributed by atoms with E-state index in [1.54, 1.807) is 11.1 Å². The van der Waals surface area contributed by atoms with E-state index in [1.807, 2.05) is 14.1 Å². The van der Waals surface area contributed by atoms with Crippen molar-refractivity contribution < 1.29 is 0 Å². The molecule has 1 aromatic rings. The molecule has 1 aromatic carbocycles. The van der Waals surface area contributed by atoms with Crippen LogP contribution in [0.15, 0.2) is 24.8 Å². The molecule has 0 saturated carbocycles. The summed E-state index contributed by atoms with van der Waals surface area (Å²) >= 11 is 0. The van der Waals surface area contributed by atoms with Crippen LogP contribution in [0, 0.1) is 0 Å². The minimum Gasteiger partial charge on any atom is -0.323 e. The molecule has 0 heterocycles. The summed E-state index contributed by atoms with van der Waals surface area (Å²) in [6, 6.07) is 6.63. The number of fused-ring (bicyclic) bond motifs is 1. The smallest absolute Gasteiger partial charge is 0.0167 e. The first kappa shape index (κ1) is 13.0. The van der Waals surface area contributed by atoms with Crippen LogP contribution in [0.1, 0.15) is 36.5 Å². The van der Waals surface area contributed by atoms with Gasteiger partial charge in [0.25, 0.3) is 0 Å². The molecule has 1 aliphatic rings. The molecule has 88 valence electrons. The van der Waals surface area contributed by atoms with E-state index < -0.39 is 0 Å². The van der Waals surface area contributed by atoms with Gasteiger partial charge in [0.2, 0.25) is 0 Å². The van der Waals surface area contributed by atoms with Gasteiger partial charge >= 0.3 is 0 Å². The Labute approximate surface area is 99.6 Å². The summed E-state index contributed by atoms with van der Waals surface area (Å²) in [6.07, 6.45) is 5.21. The number of hydrogen-bond donors (Lipinski definition) is 1. The Bertz CT molecular complexity index is 352. The van der Waals surface area contributed by atoms with E-state index in [0.717, 1.165) is 0 Å². The molecular formula is C15H23N. The van der Waals surface area contributed by atoms with Crippen LogP contribution in [0.4, 0.5) is 0 Å². The van der Waals surface area contributed by atoms with Crippen LogP contribution in [0.5, 0.6) is 0 Å². The average Bonchev–Trinajstić information content (AvgIpc) is 2.29. The summed E-state index contributed by atoms with van der Waals surface area (Å²) in [5.41, 5.74) is 5.70. The molecule has 1 aliphatic carbocycles. The first-order chi connectivity index (χ1) is 7.70. The molecule has 0 amide bonds. The first-order valence-corrected chi connectivity index (χ1v) is 6.05. The van der Waals surface area contributed by atoms with Crippen molar-refractivity contribution in [2.45, 2.75) is 32.6 Å². The lowest BCUT2D eigenvalue weighted by Crippen LogP contribution is -2.05. The number of aryl methyl sites for hydroxylation is 1. The molecule has 1 nitrogen and oxygen atoms in total. The van der Waals surface area contributed by atoms with Crippen molar-refractivity contribution in [2.75, 3.05) is 14.1 Å². The molecule has 16 heavy (non-hydrogen) atoms. The van der Waals surface area contributed by atoms with Crippen LogP contribution >= 0.6 is 0 Å². The second-order valence-corrected chi connectivity index (χ2v) is 4.43. The summed E-state index contributed by atoms with van der Waals surface area (Å²) in [7, 11) is 3.75. The number of nitrogens with one attached hydrogen (secondary N) is 1. The fraction of sp³-hybridized carbons (Fsp3) is 0.467. The summed E-state index contributed by atoms with van der Waals surface area (Å²) in [4.78, 5) is 0. The lowest BCUT2D eigenvalue weighted by molar-refractivity contribution is 0.684. The Kier molecular flexibility index (Phi) is 5.27. The molecule has 1 heteroatoms. The molecule has 0 aromatic heterocycles. The van der Waals surface area contributed by atoms with Crippen LogP contribution in [-0.2, 0) is 12.8 Å². The Morgan fingerprint density at radius 3 is 2.44 bits per heavy atom. The standard InChI is InChI=1S/C13H16.C2H7N/c1-10(2)12-9-5-7-11-6-3-4-8-13(11)12;1-3-2/h5,7,9H,1,3-4,6,8H2,2H3;3H,1-2H3. The van der Waals surface area contributed by atoms with Crippen molar-refractivity contribution in [1.29, 1.82) is 0 Å². The van der Waals surface area contributed by atoms with E-state index in [9.17, 15) is 0 Å². The Morgan fingerprint density at radius 2 is 1.81 bits per heavy atom. The molecule has 2 rings (SSSR count). The third-order valence-electron chi connectivity index (χ3n) is 2.86. The summed E-state index contributed by atoms with van der Waals surface area (Å²) in [6.45, 7) is 6.13. The number of benzene rings is 1. The highest BCUT2D eigenvalue weighted by molar-refractivity contribution is 5.66. The molecule has 0 aliphatic heterocycles. The van der Waals surface area contributed by atoms with Crippen LogP contribution < -0.4 is 5.32 Å². The van der Waals surface area contributed by atoms with Crippen molar-refractivity contribution in [3.8, 4) is 0 Å². The van der Waals surface area contributed by atoms with E-state index in [1.165, 1.54) is 36.8 Å². The van der Waals surface area contributed by atoms with Gasteiger partial charge in [-0.3, -0.25) is 0 Å². The zero-order valence-corrected chi connectivity index (χ0v) is 10.8. The topological polar surface area (TPSA) is 12.0 Å². The molecule has 0 saturated heterocycles. The molecule has 0 unspecified atom stereocenters. The fourth-order valence-electron chi connectivity index (χ4n) is 2.18. The van der Waals surface area contributed by atoms with E-state index in [2.05, 4.69) is 37.0 Å². The Hall–Kier alpha value is -1.08. The quantitative estimate of drug-likeness (QED) is 0.760. The molecular weight excluding hydrogens is 194 g/mol. The Balaban J connectivity index is 0.000000386. The maximum absolute atomic E-state index is 4.03. The SMILES string of the molecule is C=C(C)c1cccc2c1CCCC2.CNC. The van der Waals surface area contributed by atoms with Crippen molar-refractivity contribution >= 4 is 5.57 Å². The van der Waals surface area contributed by atoms with Crippen molar-refractivity contribution in [1.82, 2.24) is 5.32 Å². The lowest BCUT2D eigenvalue weighted by atomic mass is 9.86. The Morgan fingerprint density at radius 1 is 1.19 bits per heavy atom. The minimum absolute atomic E-state index is 1.21. The van der Waals surface area contributed by atoms with Gasteiger partial charge in [0.1, 0.15) is 0 Å². The van der Waals surface area contributed by atoms with Gasteiger partial charge in [-0.2, -0.15) is 0 Å². The largest absolute Gasteiger partial charge is 0.323 e. The second-order valence-electron chi connectivity index (χ2n) is 4.43. The summed E-state index contributed by atoms with van der Waals surface area (Å²) in [5.74, 6) is 0. The van der Waals surface area contributed by atoms with Gasteiger partial charge in [0.15, 0.2) is 0 Å². The maximum Gasteiger partial charge on any atom is -0.0167 e. The average molecular weight is 217 g/mol. The summed E-state index contributed by atoms with van der Waals surface area (Å²) in [5, 5.41) is 2.75. The van der Waals surface area contributed by atoms with E-state index in [-0.39, 0.29) is 0 Å². The molecule has 0 fully saturated rings. The van der Waals surface area contributed by atoms with Crippen molar-refractivity contribution in [3.05, 3.63) is 41.5 Å². The molecule has 0 radical (unpaired) electrons. The third-order valence-corrected chi connectivity index (χ3v) is 2.86. The van der Waals surface area contributed by atoms with Gasteiger partial charge < -0.3 is 5.32 Å². The number of rotatable bonds is 1. The van der Waals surface area contributed by atoms with Crippen molar-refractivity contribution in [3.63, 3.8) is 0 Å². The van der Waals surface area contributed by atoms with E-state index in [0.29, 0.717) is 0 Å². The minimum atomic E-state index is 1.21. The monoisotopic (exact) mass is 217 g/mol. The van der Waals surface area contributed by atoms with Gasteiger partial charge in [-0.15, -0.1) is 0 Å². The molecule has 0 bridgehead atoms. The van der Waals surface area contributed by atoms with Crippen LogP contribution in [-0.4, -0.2) is 14.1 Å². The maximum atomic E-state index is 4.03. The fourth-order valence-corrected chi connectivity index (χ4v) is 2.18. The number of allylic oxidation sites excluding steroid dienone is 1. The molecule has 0 spiro atoms.